The third kappa shape index (κ3) is 3.19. The van der Waals surface area contributed by atoms with Crippen LogP contribution in [0, 0.1) is 13.8 Å². The smallest absolute Gasteiger partial charge is 0.335 e. The van der Waals surface area contributed by atoms with Crippen LogP contribution in [-0.2, 0) is 0 Å². The van der Waals surface area contributed by atoms with E-state index in [-0.39, 0.29) is 5.56 Å². The second kappa shape index (κ2) is 6.41. The zero-order chi connectivity index (χ0) is 17.1. The maximum Gasteiger partial charge on any atom is 0.335 e. The minimum Gasteiger partial charge on any atom is -0.478 e. The van der Waals surface area contributed by atoms with E-state index in [4.69, 9.17) is 5.11 Å². The maximum atomic E-state index is 10.9. The number of carbonyl (C=O) groups is 1. The van der Waals surface area contributed by atoms with E-state index >= 15 is 0 Å². The Balaban J connectivity index is 1.95. The molecular weight excluding hydrogens is 306 g/mol. The molecule has 0 aliphatic rings. The summed E-state index contributed by atoms with van der Waals surface area (Å²) in [7, 11) is 0. The fourth-order valence-corrected chi connectivity index (χ4v) is 2.11. The lowest BCUT2D eigenvalue weighted by Crippen LogP contribution is -2.04. The van der Waals surface area contributed by atoms with Gasteiger partial charge in [0.25, 0.3) is 0 Å². The van der Waals surface area contributed by atoms with Gasteiger partial charge >= 0.3 is 5.97 Å². The van der Waals surface area contributed by atoms with E-state index in [0.717, 1.165) is 16.9 Å². The topological polar surface area (TPSA) is 101 Å². The lowest BCUT2D eigenvalue weighted by molar-refractivity contribution is 0.0697. The molecule has 0 aliphatic carbocycles. The van der Waals surface area contributed by atoms with Crippen molar-refractivity contribution in [2.24, 2.45) is 0 Å². The van der Waals surface area contributed by atoms with Crippen LogP contribution < -0.4 is 5.32 Å². The predicted octanol–water partition coefficient (Wildman–Crippen LogP) is 2.99. The number of carboxylic acids is 1. The van der Waals surface area contributed by atoms with Crippen LogP contribution >= 0.6 is 0 Å². The van der Waals surface area contributed by atoms with Crippen LogP contribution in [0.3, 0.4) is 0 Å². The minimum atomic E-state index is -0.958. The second-order valence-corrected chi connectivity index (χ2v) is 5.20. The Labute approximate surface area is 138 Å². The van der Waals surface area contributed by atoms with Crippen LogP contribution in [0.1, 0.15) is 21.6 Å². The van der Waals surface area contributed by atoms with Gasteiger partial charge in [0.2, 0.25) is 0 Å². The first-order chi connectivity index (χ1) is 11.5. The first-order valence-corrected chi connectivity index (χ1v) is 7.26. The number of nitrogens with zero attached hydrogens (tertiary/aromatic N) is 4. The van der Waals surface area contributed by atoms with Crippen molar-refractivity contribution >= 4 is 17.5 Å². The molecule has 0 saturated carbocycles. The van der Waals surface area contributed by atoms with E-state index in [1.807, 2.05) is 13.8 Å². The average Bonchev–Trinajstić information content (AvgIpc) is 2.60. The molecule has 0 aliphatic heterocycles. The van der Waals surface area contributed by atoms with Crippen LogP contribution in [0.25, 0.3) is 11.5 Å². The van der Waals surface area contributed by atoms with Gasteiger partial charge < -0.3 is 10.4 Å². The molecule has 0 unspecified atom stereocenters. The summed E-state index contributed by atoms with van der Waals surface area (Å²) in [6, 6.07) is 6.47. The summed E-state index contributed by atoms with van der Waals surface area (Å²) in [4.78, 5) is 28.1. The second-order valence-electron chi connectivity index (χ2n) is 5.20. The van der Waals surface area contributed by atoms with Crippen molar-refractivity contribution in [3.8, 4) is 11.5 Å². The van der Waals surface area contributed by atoms with Crippen LogP contribution in [0.5, 0.6) is 0 Å². The molecule has 0 radical (unpaired) electrons. The standard InChI is InChI=1S/C17H15N5O2/c1-10-11(2)20-16(14-9-18-7-8-19-14)22-15(10)21-13-5-3-12(4-6-13)17(23)24/h3-9H,1-2H3,(H,23,24)(H,20,21,22). The van der Waals surface area contributed by atoms with Gasteiger partial charge in [0, 0.05) is 29.3 Å². The monoisotopic (exact) mass is 321 g/mol. The van der Waals surface area contributed by atoms with Crippen molar-refractivity contribution in [2.45, 2.75) is 13.8 Å². The molecule has 120 valence electrons. The van der Waals surface area contributed by atoms with Gasteiger partial charge in [-0.2, -0.15) is 0 Å². The Bertz CT molecular complexity index is 879. The van der Waals surface area contributed by atoms with Crippen molar-refractivity contribution < 1.29 is 9.90 Å². The number of nitrogens with one attached hydrogen (secondary N) is 1. The van der Waals surface area contributed by atoms with Gasteiger partial charge in [-0.3, -0.25) is 4.98 Å². The van der Waals surface area contributed by atoms with Crippen molar-refractivity contribution in [1.29, 1.82) is 0 Å². The van der Waals surface area contributed by atoms with E-state index in [2.05, 4.69) is 25.3 Å². The van der Waals surface area contributed by atoms with E-state index in [9.17, 15) is 4.79 Å². The molecule has 1 aromatic carbocycles. The highest BCUT2D eigenvalue weighted by atomic mass is 16.4. The van der Waals surface area contributed by atoms with E-state index in [1.165, 1.54) is 12.1 Å². The summed E-state index contributed by atoms with van der Waals surface area (Å²) >= 11 is 0. The Hall–Kier alpha value is -3.35. The highest BCUT2D eigenvalue weighted by Crippen LogP contribution is 2.23. The number of aromatic carboxylic acids is 1. The number of anilines is 2. The highest BCUT2D eigenvalue weighted by Gasteiger charge is 2.11. The number of aryl methyl sites for hydroxylation is 1. The van der Waals surface area contributed by atoms with E-state index in [0.29, 0.717) is 17.3 Å². The number of carboxylic acid groups (broad SMARTS) is 1. The number of rotatable bonds is 4. The normalized spacial score (nSPS) is 10.4. The molecule has 0 saturated heterocycles. The molecule has 0 bridgehead atoms. The number of hydrogen-bond acceptors (Lipinski definition) is 6. The van der Waals surface area contributed by atoms with Gasteiger partial charge in [-0.05, 0) is 38.1 Å². The Kier molecular flexibility index (Phi) is 4.15. The minimum absolute atomic E-state index is 0.233. The Morgan fingerprint density at radius 2 is 1.83 bits per heavy atom. The number of benzene rings is 1. The van der Waals surface area contributed by atoms with Crippen LogP contribution in [0.4, 0.5) is 11.5 Å². The van der Waals surface area contributed by atoms with Gasteiger partial charge in [0.15, 0.2) is 5.82 Å². The molecule has 0 atom stereocenters. The zero-order valence-corrected chi connectivity index (χ0v) is 13.2. The van der Waals surface area contributed by atoms with Crippen molar-refractivity contribution in [3.05, 3.63) is 59.7 Å². The van der Waals surface area contributed by atoms with Crippen molar-refractivity contribution in [3.63, 3.8) is 0 Å². The fourth-order valence-electron chi connectivity index (χ4n) is 2.11. The van der Waals surface area contributed by atoms with Crippen LogP contribution in [0.2, 0.25) is 0 Å². The first kappa shape index (κ1) is 15.5. The van der Waals surface area contributed by atoms with Crippen molar-refractivity contribution in [1.82, 2.24) is 19.9 Å². The molecule has 2 aromatic heterocycles. The molecule has 24 heavy (non-hydrogen) atoms. The molecule has 0 amide bonds. The number of hydrogen-bond donors (Lipinski definition) is 2. The molecule has 7 nitrogen and oxygen atoms in total. The quantitative estimate of drug-likeness (QED) is 0.761. The largest absolute Gasteiger partial charge is 0.478 e. The summed E-state index contributed by atoms with van der Waals surface area (Å²) in [5.74, 6) is 0.169. The molecule has 3 aromatic rings. The van der Waals surface area contributed by atoms with Gasteiger partial charge in [-0.25, -0.2) is 19.7 Å². The zero-order valence-electron chi connectivity index (χ0n) is 13.2. The van der Waals surface area contributed by atoms with Gasteiger partial charge in [-0.15, -0.1) is 0 Å². The molecule has 2 heterocycles. The van der Waals surface area contributed by atoms with E-state index in [1.54, 1.807) is 30.7 Å². The summed E-state index contributed by atoms with van der Waals surface area (Å²) in [5, 5.41) is 12.2. The maximum absolute atomic E-state index is 10.9. The van der Waals surface area contributed by atoms with Gasteiger partial charge in [-0.1, -0.05) is 0 Å². The van der Waals surface area contributed by atoms with E-state index < -0.39 is 5.97 Å². The third-order valence-corrected chi connectivity index (χ3v) is 3.58. The van der Waals surface area contributed by atoms with Gasteiger partial charge in [0.05, 0.1) is 11.8 Å². The van der Waals surface area contributed by atoms with Crippen LogP contribution in [-0.4, -0.2) is 31.0 Å². The average molecular weight is 321 g/mol. The molecule has 0 fully saturated rings. The molecule has 0 spiro atoms. The summed E-state index contributed by atoms with van der Waals surface area (Å²) < 4.78 is 0. The molecule has 3 rings (SSSR count). The van der Waals surface area contributed by atoms with Gasteiger partial charge in [0.1, 0.15) is 11.5 Å². The van der Waals surface area contributed by atoms with Crippen molar-refractivity contribution in [2.75, 3.05) is 5.32 Å². The molecule has 2 N–H and O–H groups in total. The predicted molar refractivity (Wildman–Crippen MR) is 89.2 cm³/mol. The molecule has 7 heteroatoms. The Morgan fingerprint density at radius 3 is 2.46 bits per heavy atom. The molecular formula is C17H15N5O2. The fraction of sp³-hybridized carbons (Fsp3) is 0.118. The van der Waals surface area contributed by atoms with Crippen LogP contribution in [0.15, 0.2) is 42.9 Å². The first-order valence-electron chi connectivity index (χ1n) is 7.26. The SMILES string of the molecule is Cc1nc(-c2cnccn2)nc(Nc2ccc(C(=O)O)cc2)c1C. The number of aromatic nitrogens is 4. The summed E-state index contributed by atoms with van der Waals surface area (Å²) in [6.07, 6.45) is 4.79. The summed E-state index contributed by atoms with van der Waals surface area (Å²) in [5.41, 5.74) is 3.30. The lowest BCUT2D eigenvalue weighted by atomic mass is 10.2. The highest BCUT2D eigenvalue weighted by molar-refractivity contribution is 5.88. The summed E-state index contributed by atoms with van der Waals surface area (Å²) in [6.45, 7) is 3.82. The third-order valence-electron chi connectivity index (χ3n) is 3.58. The Morgan fingerprint density at radius 1 is 1.08 bits per heavy atom. The lowest BCUT2D eigenvalue weighted by Gasteiger charge is -2.12.